The molecule has 2 atom stereocenters. The van der Waals surface area contributed by atoms with Crippen LogP contribution in [0, 0.1) is 13.8 Å². The molecule has 2 aromatic carbocycles. The van der Waals surface area contributed by atoms with Crippen LogP contribution < -0.4 is 14.8 Å². The molecule has 1 N–H and O–H groups in total. The highest BCUT2D eigenvalue weighted by Crippen LogP contribution is 2.15. The summed E-state index contributed by atoms with van der Waals surface area (Å²) >= 11 is 0. The van der Waals surface area contributed by atoms with Crippen LogP contribution in [-0.4, -0.2) is 24.7 Å². The van der Waals surface area contributed by atoms with Gasteiger partial charge in [-0.3, -0.25) is 4.79 Å². The first-order valence-electron chi connectivity index (χ1n) is 8.71. The van der Waals surface area contributed by atoms with Gasteiger partial charge in [-0.25, -0.2) is 0 Å². The quantitative estimate of drug-likeness (QED) is 0.788. The summed E-state index contributed by atoms with van der Waals surface area (Å²) in [6.45, 7) is 8.32. The van der Waals surface area contributed by atoms with Crippen molar-refractivity contribution in [2.24, 2.45) is 0 Å². The highest BCUT2D eigenvalue weighted by Gasteiger charge is 2.20. The molecule has 4 nitrogen and oxygen atoms in total. The summed E-state index contributed by atoms with van der Waals surface area (Å²) in [5, 5.41) is 2.96. The van der Waals surface area contributed by atoms with E-state index in [-0.39, 0.29) is 11.9 Å². The number of rotatable bonds is 8. The van der Waals surface area contributed by atoms with Crippen molar-refractivity contribution in [2.75, 3.05) is 6.61 Å². The number of hydrogen-bond acceptors (Lipinski definition) is 3. The molecular weight excluding hydrogens is 314 g/mol. The van der Waals surface area contributed by atoms with E-state index in [4.69, 9.17) is 9.47 Å². The molecule has 0 bridgehead atoms. The van der Waals surface area contributed by atoms with Gasteiger partial charge in [0.25, 0.3) is 5.91 Å². The van der Waals surface area contributed by atoms with Crippen LogP contribution >= 0.6 is 0 Å². The first kappa shape index (κ1) is 18.8. The molecule has 0 fully saturated rings. The second kappa shape index (κ2) is 9.11. The molecule has 0 aliphatic rings. The van der Waals surface area contributed by atoms with Gasteiger partial charge in [0.05, 0.1) is 6.04 Å². The summed E-state index contributed by atoms with van der Waals surface area (Å²) in [7, 11) is 0. The Balaban J connectivity index is 1.83. The summed E-state index contributed by atoms with van der Waals surface area (Å²) in [4.78, 5) is 12.4. The van der Waals surface area contributed by atoms with E-state index in [9.17, 15) is 4.79 Å². The van der Waals surface area contributed by atoms with E-state index >= 15 is 0 Å². The van der Waals surface area contributed by atoms with E-state index in [1.165, 1.54) is 5.56 Å². The third-order valence-electron chi connectivity index (χ3n) is 3.87. The Morgan fingerprint density at radius 1 is 0.960 bits per heavy atom. The Morgan fingerprint density at radius 2 is 1.48 bits per heavy atom. The van der Waals surface area contributed by atoms with Gasteiger partial charge in [-0.15, -0.1) is 0 Å². The Labute approximate surface area is 150 Å². The smallest absolute Gasteiger partial charge is 0.261 e. The van der Waals surface area contributed by atoms with Crippen LogP contribution in [0.3, 0.4) is 0 Å². The van der Waals surface area contributed by atoms with E-state index in [2.05, 4.69) is 5.32 Å². The molecule has 0 heterocycles. The van der Waals surface area contributed by atoms with Crippen molar-refractivity contribution in [3.05, 3.63) is 59.7 Å². The minimum atomic E-state index is -0.510. The highest BCUT2D eigenvalue weighted by molar-refractivity contribution is 5.81. The first-order valence-corrected chi connectivity index (χ1v) is 8.71. The van der Waals surface area contributed by atoms with Crippen molar-refractivity contribution in [3.8, 4) is 11.5 Å². The van der Waals surface area contributed by atoms with Gasteiger partial charge in [0, 0.05) is 0 Å². The molecule has 25 heavy (non-hydrogen) atoms. The van der Waals surface area contributed by atoms with E-state index in [0.29, 0.717) is 18.8 Å². The van der Waals surface area contributed by atoms with Gasteiger partial charge in [-0.05, 0) is 51.5 Å². The van der Waals surface area contributed by atoms with Crippen molar-refractivity contribution in [1.82, 2.24) is 5.32 Å². The van der Waals surface area contributed by atoms with Gasteiger partial charge in [-0.2, -0.15) is 0 Å². The Morgan fingerprint density at radius 3 is 2.00 bits per heavy atom. The molecule has 0 aliphatic carbocycles. The fourth-order valence-corrected chi connectivity index (χ4v) is 2.34. The number of carbonyl (C=O) groups is 1. The summed E-state index contributed by atoms with van der Waals surface area (Å²) in [6.07, 6.45) is 0.0927. The number of aryl methyl sites for hydroxylation is 2. The van der Waals surface area contributed by atoms with E-state index in [1.54, 1.807) is 0 Å². The molecule has 2 rings (SSSR count). The Bertz CT molecular complexity index is 665. The maximum atomic E-state index is 12.4. The molecule has 4 heteroatoms. The van der Waals surface area contributed by atoms with Gasteiger partial charge in [0.1, 0.15) is 18.1 Å². The molecule has 0 aromatic heterocycles. The van der Waals surface area contributed by atoms with Crippen LogP contribution in [0.1, 0.15) is 31.4 Å². The molecule has 2 aromatic rings. The first-order chi connectivity index (χ1) is 12.0. The zero-order chi connectivity index (χ0) is 18.2. The summed E-state index contributed by atoms with van der Waals surface area (Å²) in [5.74, 6) is 1.38. The lowest BCUT2D eigenvalue weighted by molar-refractivity contribution is -0.128. The highest BCUT2D eigenvalue weighted by atomic mass is 16.5. The molecule has 1 amide bonds. The van der Waals surface area contributed by atoms with Gasteiger partial charge >= 0.3 is 0 Å². The average Bonchev–Trinajstić information content (AvgIpc) is 2.60. The lowest BCUT2D eigenvalue weighted by Gasteiger charge is -2.21. The fourth-order valence-electron chi connectivity index (χ4n) is 2.34. The number of carbonyl (C=O) groups excluding carboxylic acids is 1. The van der Waals surface area contributed by atoms with Gasteiger partial charge in [-0.1, -0.05) is 42.3 Å². The molecule has 0 unspecified atom stereocenters. The number of ether oxygens (including phenoxy) is 2. The standard InChI is InChI=1S/C21H27NO3/c1-5-20(25-19-12-8-16(3)9-13-19)21(23)22-17(4)14-24-18-10-6-15(2)7-11-18/h6-13,17,20H,5,14H2,1-4H3,(H,22,23)/t17-,20-/m0/s1. The largest absolute Gasteiger partial charge is 0.491 e. The zero-order valence-electron chi connectivity index (χ0n) is 15.4. The lowest BCUT2D eigenvalue weighted by atomic mass is 10.2. The predicted octanol–water partition coefficient (Wildman–Crippen LogP) is 4.04. The van der Waals surface area contributed by atoms with E-state index < -0.39 is 6.10 Å². The number of hydrogen-bond donors (Lipinski definition) is 1. The normalized spacial score (nSPS) is 13.0. The van der Waals surface area contributed by atoms with Crippen LogP contribution in [-0.2, 0) is 4.79 Å². The van der Waals surface area contributed by atoms with Crippen LogP contribution in [0.25, 0.3) is 0 Å². The predicted molar refractivity (Wildman–Crippen MR) is 100 cm³/mol. The van der Waals surface area contributed by atoms with Crippen molar-refractivity contribution < 1.29 is 14.3 Å². The molecule has 134 valence electrons. The lowest BCUT2D eigenvalue weighted by Crippen LogP contribution is -2.44. The molecule has 0 radical (unpaired) electrons. The number of nitrogens with one attached hydrogen (secondary N) is 1. The molecule has 0 spiro atoms. The maximum absolute atomic E-state index is 12.4. The van der Waals surface area contributed by atoms with Crippen LogP contribution in [0.4, 0.5) is 0 Å². The molecule has 0 saturated carbocycles. The SMILES string of the molecule is CC[C@H](Oc1ccc(C)cc1)C(=O)N[C@@H](C)COc1ccc(C)cc1. The van der Waals surface area contributed by atoms with Crippen molar-refractivity contribution >= 4 is 5.91 Å². The monoisotopic (exact) mass is 341 g/mol. The molecular formula is C21H27NO3. The minimum absolute atomic E-state index is 0.107. The van der Waals surface area contributed by atoms with Gasteiger partial charge in [0.2, 0.25) is 0 Å². The summed E-state index contributed by atoms with van der Waals surface area (Å²) in [5.41, 5.74) is 2.35. The van der Waals surface area contributed by atoms with Crippen molar-refractivity contribution in [1.29, 1.82) is 0 Å². The van der Waals surface area contributed by atoms with Crippen molar-refractivity contribution in [2.45, 2.75) is 46.3 Å². The third-order valence-corrected chi connectivity index (χ3v) is 3.87. The minimum Gasteiger partial charge on any atom is -0.491 e. The third kappa shape index (κ3) is 6.14. The molecule has 0 saturated heterocycles. The average molecular weight is 341 g/mol. The number of benzene rings is 2. The topological polar surface area (TPSA) is 47.6 Å². The van der Waals surface area contributed by atoms with E-state index in [1.807, 2.05) is 76.2 Å². The van der Waals surface area contributed by atoms with Gasteiger partial charge < -0.3 is 14.8 Å². The van der Waals surface area contributed by atoms with Crippen LogP contribution in [0.5, 0.6) is 11.5 Å². The Kier molecular flexibility index (Phi) is 6.87. The summed E-state index contributed by atoms with van der Waals surface area (Å²) in [6, 6.07) is 15.5. The second-order valence-corrected chi connectivity index (χ2v) is 6.36. The zero-order valence-corrected chi connectivity index (χ0v) is 15.4. The fraction of sp³-hybridized carbons (Fsp3) is 0.381. The molecule has 0 aliphatic heterocycles. The van der Waals surface area contributed by atoms with Gasteiger partial charge in [0.15, 0.2) is 6.10 Å². The second-order valence-electron chi connectivity index (χ2n) is 6.36. The van der Waals surface area contributed by atoms with Crippen LogP contribution in [0.2, 0.25) is 0 Å². The maximum Gasteiger partial charge on any atom is 0.261 e. The van der Waals surface area contributed by atoms with Crippen molar-refractivity contribution in [3.63, 3.8) is 0 Å². The number of amides is 1. The summed E-state index contributed by atoms with van der Waals surface area (Å²) < 4.78 is 11.5. The van der Waals surface area contributed by atoms with E-state index in [0.717, 1.165) is 11.3 Å². The Hall–Kier alpha value is -2.49. The van der Waals surface area contributed by atoms with Crippen LogP contribution in [0.15, 0.2) is 48.5 Å².